The van der Waals surface area contributed by atoms with Crippen molar-refractivity contribution < 1.29 is 14.0 Å². The van der Waals surface area contributed by atoms with Crippen molar-refractivity contribution in [2.75, 3.05) is 6.54 Å². The molecule has 1 saturated heterocycles. The van der Waals surface area contributed by atoms with Crippen LogP contribution in [-0.4, -0.2) is 23.3 Å². The van der Waals surface area contributed by atoms with Gasteiger partial charge in [0.2, 0.25) is 11.8 Å². The van der Waals surface area contributed by atoms with Crippen LogP contribution >= 0.6 is 0 Å². The van der Waals surface area contributed by atoms with Crippen molar-refractivity contribution >= 4 is 22.8 Å². The summed E-state index contributed by atoms with van der Waals surface area (Å²) in [6.07, 6.45) is 0.204. The molecular formula is C14H14N2O3. The van der Waals surface area contributed by atoms with Crippen LogP contribution in [0.4, 0.5) is 0 Å². The Morgan fingerprint density at radius 1 is 1.42 bits per heavy atom. The van der Waals surface area contributed by atoms with Crippen molar-refractivity contribution in [3.05, 3.63) is 36.1 Å². The van der Waals surface area contributed by atoms with Crippen LogP contribution in [0, 0.1) is 5.92 Å². The minimum Gasteiger partial charge on any atom is -0.459 e. The number of likely N-dealkylation sites (tertiary alicyclic amines) is 1. The number of nitrogens with zero attached hydrogens (tertiary/aromatic N) is 1. The highest BCUT2D eigenvalue weighted by atomic mass is 16.3. The Balaban J connectivity index is 1.78. The van der Waals surface area contributed by atoms with Gasteiger partial charge in [0, 0.05) is 18.4 Å². The van der Waals surface area contributed by atoms with E-state index in [0.717, 1.165) is 16.7 Å². The van der Waals surface area contributed by atoms with Gasteiger partial charge in [-0.15, -0.1) is 0 Å². The molecule has 19 heavy (non-hydrogen) atoms. The van der Waals surface area contributed by atoms with E-state index in [1.165, 1.54) is 0 Å². The number of primary amides is 1. The Morgan fingerprint density at radius 3 is 2.89 bits per heavy atom. The normalized spacial score (nSPS) is 19.3. The number of carbonyl (C=O) groups is 2. The molecular weight excluding hydrogens is 244 g/mol. The molecule has 0 bridgehead atoms. The summed E-state index contributed by atoms with van der Waals surface area (Å²) in [5.41, 5.74) is 6.04. The Labute approximate surface area is 110 Å². The number of amides is 2. The van der Waals surface area contributed by atoms with Crippen LogP contribution in [-0.2, 0) is 16.1 Å². The van der Waals surface area contributed by atoms with E-state index in [1.54, 1.807) is 4.90 Å². The number of para-hydroxylation sites is 1. The van der Waals surface area contributed by atoms with Gasteiger partial charge in [0.05, 0.1) is 12.5 Å². The first kappa shape index (κ1) is 11.8. The van der Waals surface area contributed by atoms with Crippen LogP contribution < -0.4 is 5.73 Å². The predicted molar refractivity (Wildman–Crippen MR) is 68.9 cm³/mol. The lowest BCUT2D eigenvalue weighted by atomic mass is 10.1. The number of benzene rings is 1. The average Bonchev–Trinajstić information content (AvgIpc) is 2.93. The molecule has 1 aliphatic rings. The van der Waals surface area contributed by atoms with Gasteiger partial charge in [-0.25, -0.2) is 0 Å². The van der Waals surface area contributed by atoms with Crippen molar-refractivity contribution in [2.45, 2.75) is 13.0 Å². The van der Waals surface area contributed by atoms with Crippen molar-refractivity contribution in [1.82, 2.24) is 4.90 Å². The largest absolute Gasteiger partial charge is 0.459 e. The number of rotatable bonds is 3. The molecule has 0 spiro atoms. The molecule has 2 N–H and O–H groups in total. The lowest BCUT2D eigenvalue weighted by molar-refractivity contribution is -0.129. The van der Waals surface area contributed by atoms with Gasteiger partial charge >= 0.3 is 0 Å². The number of carbonyl (C=O) groups excluding carboxylic acids is 2. The van der Waals surface area contributed by atoms with E-state index in [0.29, 0.717) is 13.1 Å². The molecule has 98 valence electrons. The molecule has 2 heterocycles. The molecule has 5 nitrogen and oxygen atoms in total. The van der Waals surface area contributed by atoms with Crippen LogP contribution in [0.5, 0.6) is 0 Å². The van der Waals surface area contributed by atoms with E-state index < -0.39 is 5.91 Å². The third kappa shape index (κ3) is 2.19. The molecule has 1 aromatic heterocycles. The smallest absolute Gasteiger partial charge is 0.223 e. The Hall–Kier alpha value is -2.30. The fraction of sp³-hybridized carbons (Fsp3) is 0.286. The first-order chi connectivity index (χ1) is 9.13. The van der Waals surface area contributed by atoms with Crippen molar-refractivity contribution in [3.8, 4) is 0 Å². The van der Waals surface area contributed by atoms with Crippen LogP contribution in [0.2, 0.25) is 0 Å². The maximum atomic E-state index is 11.8. The second-order valence-electron chi connectivity index (χ2n) is 4.83. The third-order valence-electron chi connectivity index (χ3n) is 3.44. The summed E-state index contributed by atoms with van der Waals surface area (Å²) >= 11 is 0. The van der Waals surface area contributed by atoms with E-state index in [4.69, 9.17) is 10.2 Å². The SMILES string of the molecule is NC(=O)C1CC(=O)N(Cc2cc3ccccc3o2)C1. The lowest BCUT2D eigenvalue weighted by Gasteiger charge is -2.13. The molecule has 0 saturated carbocycles. The summed E-state index contributed by atoms with van der Waals surface area (Å²) in [5, 5.41) is 1.01. The molecule has 3 rings (SSSR count). The van der Waals surface area contributed by atoms with Crippen molar-refractivity contribution in [1.29, 1.82) is 0 Å². The van der Waals surface area contributed by atoms with Gasteiger partial charge in [-0.1, -0.05) is 18.2 Å². The topological polar surface area (TPSA) is 76.5 Å². The van der Waals surface area contributed by atoms with E-state index in [1.807, 2.05) is 30.3 Å². The minimum absolute atomic E-state index is 0.0516. The molecule has 1 aliphatic heterocycles. The van der Waals surface area contributed by atoms with Gasteiger partial charge in [0.15, 0.2) is 0 Å². The van der Waals surface area contributed by atoms with Crippen LogP contribution in [0.1, 0.15) is 12.2 Å². The Kier molecular flexibility index (Phi) is 2.74. The summed E-state index contributed by atoms with van der Waals surface area (Å²) in [6.45, 7) is 0.766. The molecule has 1 fully saturated rings. The lowest BCUT2D eigenvalue weighted by Crippen LogP contribution is -2.28. The van der Waals surface area contributed by atoms with E-state index in [9.17, 15) is 9.59 Å². The molecule has 0 radical (unpaired) electrons. The number of nitrogens with two attached hydrogens (primary N) is 1. The zero-order valence-corrected chi connectivity index (χ0v) is 10.3. The number of furan rings is 1. The maximum Gasteiger partial charge on any atom is 0.223 e. The van der Waals surface area contributed by atoms with Gasteiger partial charge in [0.1, 0.15) is 11.3 Å². The number of fused-ring (bicyclic) bond motifs is 1. The predicted octanol–water partition coefficient (Wildman–Crippen LogP) is 1.27. The zero-order valence-electron chi connectivity index (χ0n) is 10.3. The van der Waals surface area contributed by atoms with Crippen LogP contribution in [0.3, 0.4) is 0 Å². The fourth-order valence-corrected chi connectivity index (χ4v) is 2.42. The fourth-order valence-electron chi connectivity index (χ4n) is 2.42. The summed E-state index contributed by atoms with van der Waals surface area (Å²) < 4.78 is 5.66. The quantitative estimate of drug-likeness (QED) is 0.900. The highest BCUT2D eigenvalue weighted by Gasteiger charge is 2.33. The minimum atomic E-state index is -0.416. The van der Waals surface area contributed by atoms with Gasteiger partial charge < -0.3 is 15.1 Å². The van der Waals surface area contributed by atoms with Gasteiger partial charge in [-0.3, -0.25) is 9.59 Å². The maximum absolute atomic E-state index is 11.8. The average molecular weight is 258 g/mol. The van der Waals surface area contributed by atoms with Gasteiger partial charge in [-0.05, 0) is 12.1 Å². The van der Waals surface area contributed by atoms with Gasteiger partial charge in [-0.2, -0.15) is 0 Å². The summed E-state index contributed by atoms with van der Waals surface area (Å²) in [4.78, 5) is 24.5. The van der Waals surface area contributed by atoms with Crippen molar-refractivity contribution in [2.24, 2.45) is 11.7 Å². The highest BCUT2D eigenvalue weighted by molar-refractivity contribution is 5.88. The molecule has 1 aromatic carbocycles. The summed E-state index contributed by atoms with van der Waals surface area (Å²) in [5.74, 6) is -0.124. The van der Waals surface area contributed by atoms with Gasteiger partial charge in [0.25, 0.3) is 0 Å². The summed E-state index contributed by atoms with van der Waals surface area (Å²) in [6, 6.07) is 9.60. The molecule has 2 aromatic rings. The zero-order chi connectivity index (χ0) is 13.4. The van der Waals surface area contributed by atoms with E-state index >= 15 is 0 Å². The molecule has 0 aliphatic carbocycles. The van der Waals surface area contributed by atoms with Crippen LogP contribution in [0.15, 0.2) is 34.7 Å². The Morgan fingerprint density at radius 2 is 2.21 bits per heavy atom. The van der Waals surface area contributed by atoms with E-state index in [2.05, 4.69) is 0 Å². The number of hydrogen-bond acceptors (Lipinski definition) is 3. The summed E-state index contributed by atoms with van der Waals surface area (Å²) in [7, 11) is 0. The molecule has 5 heteroatoms. The standard InChI is InChI=1S/C14H14N2O3/c15-14(18)10-6-13(17)16(7-10)8-11-5-9-3-1-2-4-12(9)19-11/h1-5,10H,6-8H2,(H2,15,18). The molecule has 1 atom stereocenters. The second-order valence-corrected chi connectivity index (χ2v) is 4.83. The third-order valence-corrected chi connectivity index (χ3v) is 3.44. The van der Waals surface area contributed by atoms with E-state index in [-0.39, 0.29) is 18.2 Å². The highest BCUT2D eigenvalue weighted by Crippen LogP contribution is 2.23. The van der Waals surface area contributed by atoms with Crippen LogP contribution in [0.25, 0.3) is 11.0 Å². The second kappa shape index (κ2) is 4.42. The number of hydrogen-bond donors (Lipinski definition) is 1. The monoisotopic (exact) mass is 258 g/mol. The molecule has 1 unspecified atom stereocenters. The van der Waals surface area contributed by atoms with Crippen molar-refractivity contribution in [3.63, 3.8) is 0 Å². The molecule has 2 amide bonds. The first-order valence-electron chi connectivity index (χ1n) is 6.18. The Bertz CT molecular complexity index is 614. The first-order valence-corrected chi connectivity index (χ1v) is 6.18.